The summed E-state index contributed by atoms with van der Waals surface area (Å²) in [5, 5.41) is 11.8. The van der Waals surface area contributed by atoms with E-state index in [0.29, 0.717) is 42.6 Å². The number of aromatic nitrogens is 2. The van der Waals surface area contributed by atoms with Crippen LogP contribution in [0.2, 0.25) is 0 Å². The monoisotopic (exact) mass is 517 g/mol. The first-order valence-electron chi connectivity index (χ1n) is 11.9. The van der Waals surface area contributed by atoms with Crippen LogP contribution >= 0.6 is 11.8 Å². The molecular weight excluding hydrogens is 490 g/mol. The van der Waals surface area contributed by atoms with Gasteiger partial charge in [-0.2, -0.15) is 0 Å². The molecule has 0 bridgehead atoms. The smallest absolute Gasteiger partial charge is 0.283 e. The summed E-state index contributed by atoms with van der Waals surface area (Å²) in [4.78, 5) is 49.4. The van der Waals surface area contributed by atoms with Gasteiger partial charge in [0.1, 0.15) is 5.69 Å². The van der Waals surface area contributed by atoms with Crippen LogP contribution in [0.15, 0.2) is 76.9 Å². The summed E-state index contributed by atoms with van der Waals surface area (Å²) in [7, 11) is 0. The summed E-state index contributed by atoms with van der Waals surface area (Å²) in [6, 6.07) is 12.9. The molecule has 9 nitrogen and oxygen atoms in total. The van der Waals surface area contributed by atoms with E-state index in [1.54, 1.807) is 28.0 Å². The van der Waals surface area contributed by atoms with Crippen molar-refractivity contribution in [3.63, 3.8) is 0 Å². The van der Waals surface area contributed by atoms with Crippen molar-refractivity contribution in [2.45, 2.75) is 29.6 Å². The average molecular weight is 518 g/mol. The fourth-order valence-electron chi connectivity index (χ4n) is 4.01. The van der Waals surface area contributed by atoms with Gasteiger partial charge in [0.25, 0.3) is 11.6 Å². The van der Waals surface area contributed by atoms with E-state index in [4.69, 9.17) is 0 Å². The SMILES string of the molecule is CC(C)c1ccccc1Sc1ccc(C=CC(=O)N2CCN(C(=O)c3cnccn3)CC2)cc1[N+](=O)[O-]. The van der Waals surface area contributed by atoms with E-state index in [9.17, 15) is 19.7 Å². The second-order valence-electron chi connectivity index (χ2n) is 8.82. The molecule has 0 N–H and O–H groups in total. The van der Waals surface area contributed by atoms with Crippen molar-refractivity contribution >= 4 is 35.3 Å². The lowest BCUT2D eigenvalue weighted by Gasteiger charge is -2.34. The first-order chi connectivity index (χ1) is 17.8. The van der Waals surface area contributed by atoms with E-state index in [1.165, 1.54) is 42.5 Å². The Balaban J connectivity index is 1.41. The average Bonchev–Trinajstić information content (AvgIpc) is 2.92. The van der Waals surface area contributed by atoms with Gasteiger partial charge in [0, 0.05) is 55.6 Å². The van der Waals surface area contributed by atoms with Crippen molar-refractivity contribution in [3.05, 3.63) is 94.1 Å². The molecule has 2 amide bonds. The number of rotatable bonds is 7. The zero-order chi connectivity index (χ0) is 26.4. The highest BCUT2D eigenvalue weighted by molar-refractivity contribution is 7.99. The van der Waals surface area contributed by atoms with Crippen molar-refractivity contribution < 1.29 is 14.5 Å². The molecule has 10 heteroatoms. The second-order valence-corrected chi connectivity index (χ2v) is 9.90. The molecule has 0 unspecified atom stereocenters. The van der Waals surface area contributed by atoms with Crippen LogP contribution in [-0.2, 0) is 4.79 Å². The summed E-state index contributed by atoms with van der Waals surface area (Å²) in [5.74, 6) is -0.126. The van der Waals surface area contributed by atoms with Gasteiger partial charge in [-0.3, -0.25) is 24.7 Å². The van der Waals surface area contributed by atoms with Gasteiger partial charge in [-0.15, -0.1) is 0 Å². The number of nitrogens with zero attached hydrogens (tertiary/aromatic N) is 5. The summed E-state index contributed by atoms with van der Waals surface area (Å²) in [6.45, 7) is 5.75. The topological polar surface area (TPSA) is 110 Å². The third-order valence-electron chi connectivity index (χ3n) is 6.02. The van der Waals surface area contributed by atoms with Crippen LogP contribution in [-0.4, -0.2) is 62.7 Å². The lowest BCUT2D eigenvalue weighted by Crippen LogP contribution is -2.50. The fraction of sp³-hybridized carbons (Fsp3) is 0.259. The van der Waals surface area contributed by atoms with Crippen molar-refractivity contribution in [3.8, 4) is 0 Å². The molecule has 0 atom stereocenters. The van der Waals surface area contributed by atoms with Gasteiger partial charge in [-0.25, -0.2) is 4.98 Å². The van der Waals surface area contributed by atoms with Crippen LogP contribution in [0.5, 0.6) is 0 Å². The minimum atomic E-state index is -0.396. The number of amides is 2. The molecule has 0 aliphatic carbocycles. The maximum absolute atomic E-state index is 12.7. The van der Waals surface area contributed by atoms with Crippen LogP contribution in [0, 0.1) is 10.1 Å². The Hall–Kier alpha value is -4.05. The van der Waals surface area contributed by atoms with Crippen LogP contribution in [0.3, 0.4) is 0 Å². The molecule has 1 aliphatic rings. The minimum absolute atomic E-state index is 0.00528. The number of nitro groups is 1. The number of nitro benzene ring substituents is 1. The largest absolute Gasteiger partial charge is 0.336 e. The second kappa shape index (κ2) is 11.8. The molecule has 1 aliphatic heterocycles. The predicted octanol–water partition coefficient (Wildman–Crippen LogP) is 4.66. The third-order valence-corrected chi connectivity index (χ3v) is 7.18. The molecule has 190 valence electrons. The molecule has 2 heterocycles. The van der Waals surface area contributed by atoms with Gasteiger partial charge in [0.15, 0.2) is 0 Å². The van der Waals surface area contributed by atoms with Gasteiger partial charge in [-0.1, -0.05) is 49.9 Å². The lowest BCUT2D eigenvalue weighted by molar-refractivity contribution is -0.387. The van der Waals surface area contributed by atoms with Gasteiger partial charge < -0.3 is 9.80 Å². The molecule has 0 spiro atoms. The Morgan fingerprint density at radius 1 is 1.03 bits per heavy atom. The van der Waals surface area contributed by atoms with Gasteiger partial charge >= 0.3 is 0 Å². The molecule has 2 aromatic carbocycles. The van der Waals surface area contributed by atoms with Gasteiger partial charge in [0.2, 0.25) is 5.91 Å². The van der Waals surface area contributed by atoms with Gasteiger partial charge in [-0.05, 0) is 35.3 Å². The maximum atomic E-state index is 12.7. The summed E-state index contributed by atoms with van der Waals surface area (Å²) >= 11 is 1.37. The fourth-order valence-corrected chi connectivity index (χ4v) is 5.19. The van der Waals surface area contributed by atoms with Crippen LogP contribution in [0.25, 0.3) is 6.08 Å². The number of benzene rings is 2. The van der Waals surface area contributed by atoms with Crippen molar-refractivity contribution in [2.24, 2.45) is 0 Å². The minimum Gasteiger partial charge on any atom is -0.336 e. The third kappa shape index (κ3) is 6.39. The lowest BCUT2D eigenvalue weighted by atomic mass is 10.0. The van der Waals surface area contributed by atoms with Crippen LogP contribution in [0.1, 0.15) is 41.4 Å². The molecule has 1 saturated heterocycles. The summed E-state index contributed by atoms with van der Waals surface area (Å²) in [6.07, 6.45) is 7.40. The quantitative estimate of drug-likeness (QED) is 0.255. The molecule has 37 heavy (non-hydrogen) atoms. The Labute approximate surface area is 219 Å². The highest BCUT2D eigenvalue weighted by atomic mass is 32.2. The Morgan fingerprint density at radius 3 is 2.43 bits per heavy atom. The first-order valence-corrected chi connectivity index (χ1v) is 12.7. The molecule has 1 fully saturated rings. The van der Waals surface area contributed by atoms with E-state index in [0.717, 1.165) is 10.5 Å². The number of carbonyl (C=O) groups excluding carboxylic acids is 2. The van der Waals surface area contributed by atoms with E-state index in [-0.39, 0.29) is 23.2 Å². The Kier molecular flexibility index (Phi) is 8.29. The standard InChI is InChI=1S/C27H27N5O4S/c1-19(2)21-5-3-4-6-24(21)37-25-9-7-20(17-23(25)32(35)36)8-10-26(33)30-13-15-31(16-14-30)27(34)22-18-28-11-12-29-22/h3-12,17-19H,13-16H2,1-2H3. The summed E-state index contributed by atoms with van der Waals surface area (Å²) < 4.78 is 0. The van der Waals surface area contributed by atoms with Crippen molar-refractivity contribution in [1.82, 2.24) is 19.8 Å². The summed E-state index contributed by atoms with van der Waals surface area (Å²) in [5.41, 5.74) is 1.97. The molecular formula is C27H27N5O4S. The number of hydrogen-bond donors (Lipinski definition) is 0. The zero-order valence-electron chi connectivity index (χ0n) is 20.6. The van der Waals surface area contributed by atoms with E-state index in [2.05, 4.69) is 23.8 Å². The zero-order valence-corrected chi connectivity index (χ0v) is 21.4. The number of carbonyl (C=O) groups is 2. The highest BCUT2D eigenvalue weighted by Crippen LogP contribution is 2.39. The van der Waals surface area contributed by atoms with E-state index >= 15 is 0 Å². The van der Waals surface area contributed by atoms with Crippen LogP contribution in [0.4, 0.5) is 5.69 Å². The molecule has 3 aromatic rings. The van der Waals surface area contributed by atoms with E-state index in [1.807, 2.05) is 24.3 Å². The van der Waals surface area contributed by atoms with E-state index < -0.39 is 4.92 Å². The molecule has 4 rings (SSSR count). The molecule has 0 radical (unpaired) electrons. The highest BCUT2D eigenvalue weighted by Gasteiger charge is 2.25. The maximum Gasteiger partial charge on any atom is 0.283 e. The normalized spacial score (nSPS) is 13.8. The molecule has 0 saturated carbocycles. The Bertz CT molecular complexity index is 1320. The predicted molar refractivity (Wildman–Crippen MR) is 141 cm³/mol. The van der Waals surface area contributed by atoms with Crippen LogP contribution < -0.4 is 0 Å². The first kappa shape index (κ1) is 26.0. The molecule has 1 aromatic heterocycles. The Morgan fingerprint density at radius 2 is 1.76 bits per heavy atom. The van der Waals surface area contributed by atoms with Crippen molar-refractivity contribution in [1.29, 1.82) is 0 Å². The van der Waals surface area contributed by atoms with Gasteiger partial charge in [0.05, 0.1) is 16.0 Å². The number of piperazine rings is 1. The number of hydrogen-bond acceptors (Lipinski definition) is 7. The van der Waals surface area contributed by atoms with Crippen molar-refractivity contribution in [2.75, 3.05) is 26.2 Å².